The molecule has 0 aromatic carbocycles. The Labute approximate surface area is 113 Å². The second kappa shape index (κ2) is 5.56. The lowest BCUT2D eigenvalue weighted by molar-refractivity contribution is -0.0814. The number of ether oxygens (including phenoxy) is 1. The molecule has 0 saturated carbocycles. The molecule has 0 aliphatic carbocycles. The first kappa shape index (κ1) is 13.0. The summed E-state index contributed by atoms with van der Waals surface area (Å²) < 4.78 is 7.83. The molecule has 3 rings (SSSR count). The molecular formula is C13H22N4O2. The van der Waals surface area contributed by atoms with Crippen LogP contribution in [0.25, 0.3) is 0 Å². The summed E-state index contributed by atoms with van der Waals surface area (Å²) in [6.45, 7) is 5.52. The van der Waals surface area contributed by atoms with Gasteiger partial charge >= 0.3 is 0 Å². The van der Waals surface area contributed by atoms with E-state index >= 15 is 0 Å². The molecule has 0 spiro atoms. The van der Waals surface area contributed by atoms with E-state index in [-0.39, 0.29) is 12.7 Å². The molecule has 2 atom stereocenters. The van der Waals surface area contributed by atoms with Crippen LogP contribution in [0.4, 0.5) is 0 Å². The third kappa shape index (κ3) is 2.66. The maximum atomic E-state index is 9.23. The lowest BCUT2D eigenvalue weighted by Gasteiger charge is -2.37. The summed E-state index contributed by atoms with van der Waals surface area (Å²) in [5.74, 6) is 2.18. The number of fused-ring (bicyclic) bond motifs is 1. The van der Waals surface area contributed by atoms with Gasteiger partial charge in [-0.05, 0) is 19.8 Å². The average Bonchev–Trinajstić information content (AvgIpc) is 2.85. The van der Waals surface area contributed by atoms with Gasteiger partial charge in [-0.2, -0.15) is 0 Å². The van der Waals surface area contributed by atoms with E-state index < -0.39 is 0 Å². The lowest BCUT2D eigenvalue weighted by atomic mass is 10.1. The van der Waals surface area contributed by atoms with Crippen LogP contribution in [0.15, 0.2) is 0 Å². The Balaban J connectivity index is 1.71. The van der Waals surface area contributed by atoms with E-state index in [1.54, 1.807) is 0 Å². The first-order valence-electron chi connectivity index (χ1n) is 7.15. The molecule has 1 fully saturated rings. The van der Waals surface area contributed by atoms with Crippen LogP contribution in [0, 0.1) is 0 Å². The molecule has 0 bridgehead atoms. The highest BCUT2D eigenvalue weighted by atomic mass is 16.5. The van der Waals surface area contributed by atoms with Crippen LogP contribution >= 0.6 is 0 Å². The van der Waals surface area contributed by atoms with Gasteiger partial charge in [0.25, 0.3) is 0 Å². The number of aromatic nitrogens is 3. The SMILES string of the molecule is CC1COC(CO)CN1Cc1nnc2n1CCCC2. The van der Waals surface area contributed by atoms with Crippen molar-refractivity contribution in [2.75, 3.05) is 19.8 Å². The fourth-order valence-corrected chi connectivity index (χ4v) is 2.87. The molecule has 2 aliphatic heterocycles. The predicted octanol–water partition coefficient (Wildman–Crippen LogP) is 0.196. The molecule has 1 aromatic heterocycles. The first-order valence-corrected chi connectivity index (χ1v) is 7.15. The number of hydrogen-bond donors (Lipinski definition) is 1. The largest absolute Gasteiger partial charge is 0.394 e. The van der Waals surface area contributed by atoms with Crippen molar-refractivity contribution in [1.29, 1.82) is 0 Å². The van der Waals surface area contributed by atoms with Crippen molar-refractivity contribution in [1.82, 2.24) is 19.7 Å². The highest BCUT2D eigenvalue weighted by Crippen LogP contribution is 2.18. The van der Waals surface area contributed by atoms with Gasteiger partial charge in [-0.15, -0.1) is 10.2 Å². The Morgan fingerprint density at radius 3 is 3.11 bits per heavy atom. The van der Waals surface area contributed by atoms with E-state index in [1.165, 1.54) is 12.8 Å². The van der Waals surface area contributed by atoms with Crippen molar-refractivity contribution in [2.45, 2.75) is 51.4 Å². The van der Waals surface area contributed by atoms with Gasteiger partial charge in [-0.25, -0.2) is 0 Å². The quantitative estimate of drug-likeness (QED) is 0.846. The van der Waals surface area contributed by atoms with Crippen LogP contribution in [0.2, 0.25) is 0 Å². The smallest absolute Gasteiger partial charge is 0.147 e. The second-order valence-corrected chi connectivity index (χ2v) is 5.56. The third-order valence-corrected chi connectivity index (χ3v) is 4.12. The number of morpholine rings is 1. The number of nitrogens with zero attached hydrogens (tertiary/aromatic N) is 4. The average molecular weight is 266 g/mol. The number of hydrogen-bond acceptors (Lipinski definition) is 5. The number of aliphatic hydroxyl groups excluding tert-OH is 1. The van der Waals surface area contributed by atoms with Gasteiger partial charge in [0.05, 0.1) is 25.9 Å². The molecule has 19 heavy (non-hydrogen) atoms. The standard InChI is InChI=1S/C13H22N4O2/c1-10-9-19-11(8-18)6-16(10)7-13-15-14-12-4-2-3-5-17(12)13/h10-11,18H,2-9H2,1H3. The molecule has 106 valence electrons. The maximum absolute atomic E-state index is 9.23. The molecule has 0 radical (unpaired) electrons. The Morgan fingerprint density at radius 1 is 1.37 bits per heavy atom. The van der Waals surface area contributed by atoms with Crippen molar-refractivity contribution in [3.05, 3.63) is 11.6 Å². The van der Waals surface area contributed by atoms with Crippen LogP contribution in [-0.2, 0) is 24.2 Å². The van der Waals surface area contributed by atoms with E-state index in [1.807, 2.05) is 0 Å². The van der Waals surface area contributed by atoms with Crippen molar-refractivity contribution in [2.24, 2.45) is 0 Å². The van der Waals surface area contributed by atoms with Gasteiger partial charge < -0.3 is 14.4 Å². The van der Waals surface area contributed by atoms with E-state index in [4.69, 9.17) is 4.74 Å². The summed E-state index contributed by atoms with van der Waals surface area (Å²) in [5.41, 5.74) is 0. The Kier molecular flexibility index (Phi) is 3.81. The minimum absolute atomic E-state index is 0.0695. The molecule has 1 N–H and O–H groups in total. The summed E-state index contributed by atoms with van der Waals surface area (Å²) in [6.07, 6.45) is 3.42. The van der Waals surface area contributed by atoms with Crippen LogP contribution in [-0.4, -0.2) is 56.7 Å². The molecule has 2 unspecified atom stereocenters. The van der Waals surface area contributed by atoms with Gasteiger partial charge in [0.15, 0.2) is 0 Å². The van der Waals surface area contributed by atoms with Crippen molar-refractivity contribution >= 4 is 0 Å². The topological polar surface area (TPSA) is 63.4 Å². The van der Waals surface area contributed by atoms with E-state index in [9.17, 15) is 5.11 Å². The van der Waals surface area contributed by atoms with Crippen molar-refractivity contribution in [3.8, 4) is 0 Å². The first-order chi connectivity index (χ1) is 9.28. The summed E-state index contributed by atoms with van der Waals surface area (Å²) >= 11 is 0. The molecule has 6 heteroatoms. The minimum atomic E-state index is -0.0695. The van der Waals surface area contributed by atoms with Crippen molar-refractivity contribution < 1.29 is 9.84 Å². The molecule has 6 nitrogen and oxygen atoms in total. The zero-order valence-electron chi connectivity index (χ0n) is 11.5. The highest BCUT2D eigenvalue weighted by Gasteiger charge is 2.27. The molecule has 1 saturated heterocycles. The van der Waals surface area contributed by atoms with Crippen LogP contribution in [0.3, 0.4) is 0 Å². The Bertz CT molecular complexity index is 434. The van der Waals surface area contributed by atoms with Gasteiger partial charge in [-0.1, -0.05) is 0 Å². The molecular weight excluding hydrogens is 244 g/mol. The second-order valence-electron chi connectivity index (χ2n) is 5.56. The summed E-state index contributed by atoms with van der Waals surface area (Å²) in [4.78, 5) is 2.33. The highest BCUT2D eigenvalue weighted by molar-refractivity contribution is 4.99. The normalized spacial score (nSPS) is 28.3. The lowest BCUT2D eigenvalue weighted by Crippen LogP contribution is -2.49. The predicted molar refractivity (Wildman–Crippen MR) is 69.7 cm³/mol. The summed E-state index contributed by atoms with van der Waals surface area (Å²) in [6, 6.07) is 0.361. The monoisotopic (exact) mass is 266 g/mol. The van der Waals surface area contributed by atoms with Crippen LogP contribution < -0.4 is 0 Å². The van der Waals surface area contributed by atoms with Gasteiger partial charge in [0.2, 0.25) is 0 Å². The number of aliphatic hydroxyl groups is 1. The summed E-state index contributed by atoms with van der Waals surface area (Å²) in [5, 5.41) is 17.9. The Morgan fingerprint density at radius 2 is 2.26 bits per heavy atom. The zero-order chi connectivity index (χ0) is 13.2. The third-order valence-electron chi connectivity index (χ3n) is 4.12. The maximum Gasteiger partial charge on any atom is 0.147 e. The molecule has 1 aromatic rings. The zero-order valence-corrected chi connectivity index (χ0v) is 11.5. The molecule has 3 heterocycles. The van der Waals surface area contributed by atoms with E-state index in [2.05, 4.69) is 26.6 Å². The number of aryl methyl sites for hydroxylation is 1. The molecule has 0 amide bonds. The molecule has 2 aliphatic rings. The van der Waals surface area contributed by atoms with Crippen molar-refractivity contribution in [3.63, 3.8) is 0 Å². The van der Waals surface area contributed by atoms with Crippen LogP contribution in [0.5, 0.6) is 0 Å². The van der Waals surface area contributed by atoms with Gasteiger partial charge in [0.1, 0.15) is 11.6 Å². The van der Waals surface area contributed by atoms with E-state index in [0.29, 0.717) is 12.6 Å². The minimum Gasteiger partial charge on any atom is -0.394 e. The Hall–Kier alpha value is -0.980. The van der Waals surface area contributed by atoms with Crippen LogP contribution in [0.1, 0.15) is 31.4 Å². The fourth-order valence-electron chi connectivity index (χ4n) is 2.87. The fraction of sp³-hybridized carbons (Fsp3) is 0.846. The number of rotatable bonds is 3. The van der Waals surface area contributed by atoms with Gasteiger partial charge in [-0.3, -0.25) is 4.90 Å². The summed E-state index contributed by atoms with van der Waals surface area (Å²) in [7, 11) is 0. The van der Waals surface area contributed by atoms with E-state index in [0.717, 1.165) is 37.7 Å². The van der Waals surface area contributed by atoms with Gasteiger partial charge in [0, 0.05) is 25.6 Å².